The van der Waals surface area contributed by atoms with Crippen LogP contribution < -0.4 is 10.9 Å². The molecule has 1 aliphatic carbocycles. The molecule has 6 heteroatoms. The smallest absolute Gasteiger partial charge is 0.270 e. The molecule has 0 bridgehead atoms. The lowest BCUT2D eigenvalue weighted by Gasteiger charge is -2.28. The number of pyridine rings is 1. The summed E-state index contributed by atoms with van der Waals surface area (Å²) in [6.07, 6.45) is 9.38. The number of carbonyl (C=O) groups is 1. The third-order valence-electron chi connectivity index (χ3n) is 5.01. The highest BCUT2D eigenvalue weighted by Gasteiger charge is 2.34. The summed E-state index contributed by atoms with van der Waals surface area (Å²) in [6, 6.07) is 4.03. The average molecular weight is 312 g/mol. The average Bonchev–Trinajstić information content (AvgIpc) is 2.92. The SMILES string of the molecule is O=C1C[C@H](c2ccncc2)c2c(n(C3CCCCC3)[nH]c2=O)N1. The summed E-state index contributed by atoms with van der Waals surface area (Å²) >= 11 is 0. The van der Waals surface area contributed by atoms with Gasteiger partial charge in [-0.15, -0.1) is 0 Å². The van der Waals surface area contributed by atoms with Crippen molar-refractivity contribution in [3.8, 4) is 0 Å². The van der Waals surface area contributed by atoms with Crippen LogP contribution in [-0.2, 0) is 4.79 Å². The first kappa shape index (κ1) is 14.2. The fourth-order valence-electron chi connectivity index (χ4n) is 3.88. The molecule has 1 aliphatic heterocycles. The van der Waals surface area contributed by atoms with Crippen LogP contribution in [0.4, 0.5) is 5.82 Å². The van der Waals surface area contributed by atoms with Crippen LogP contribution in [0.15, 0.2) is 29.3 Å². The molecule has 2 aliphatic rings. The van der Waals surface area contributed by atoms with Crippen molar-refractivity contribution in [3.63, 3.8) is 0 Å². The fourth-order valence-corrected chi connectivity index (χ4v) is 3.88. The molecule has 0 radical (unpaired) electrons. The third kappa shape index (κ3) is 2.48. The highest BCUT2D eigenvalue weighted by molar-refractivity contribution is 5.94. The molecule has 6 nitrogen and oxygen atoms in total. The minimum Gasteiger partial charge on any atom is -0.311 e. The molecule has 0 aromatic carbocycles. The maximum absolute atomic E-state index is 12.6. The Labute approximate surface area is 133 Å². The van der Waals surface area contributed by atoms with E-state index in [-0.39, 0.29) is 23.4 Å². The van der Waals surface area contributed by atoms with Crippen LogP contribution in [0.5, 0.6) is 0 Å². The van der Waals surface area contributed by atoms with Gasteiger partial charge in [0, 0.05) is 24.7 Å². The van der Waals surface area contributed by atoms with E-state index < -0.39 is 0 Å². The quantitative estimate of drug-likeness (QED) is 0.894. The van der Waals surface area contributed by atoms with Gasteiger partial charge in [0.15, 0.2) is 0 Å². The Morgan fingerprint density at radius 1 is 1.09 bits per heavy atom. The molecule has 2 N–H and O–H groups in total. The maximum atomic E-state index is 12.6. The van der Waals surface area contributed by atoms with Gasteiger partial charge in [-0.25, -0.2) is 0 Å². The van der Waals surface area contributed by atoms with E-state index in [1.54, 1.807) is 12.4 Å². The number of carbonyl (C=O) groups excluding carboxylic acids is 1. The molecule has 3 heterocycles. The van der Waals surface area contributed by atoms with Crippen molar-refractivity contribution in [3.05, 3.63) is 46.0 Å². The third-order valence-corrected chi connectivity index (χ3v) is 5.01. The minimum atomic E-state index is -0.199. The number of hydrogen-bond donors (Lipinski definition) is 2. The zero-order valence-electron chi connectivity index (χ0n) is 12.9. The predicted molar refractivity (Wildman–Crippen MR) is 86.5 cm³/mol. The minimum absolute atomic E-state index is 0.0390. The number of hydrogen-bond acceptors (Lipinski definition) is 3. The van der Waals surface area contributed by atoms with Crippen LogP contribution >= 0.6 is 0 Å². The van der Waals surface area contributed by atoms with Gasteiger partial charge in [-0.2, -0.15) is 0 Å². The Kier molecular flexibility index (Phi) is 3.52. The summed E-state index contributed by atoms with van der Waals surface area (Å²) in [6.45, 7) is 0. The number of anilines is 1. The molecular weight excluding hydrogens is 292 g/mol. The molecule has 2 aromatic heterocycles. The second kappa shape index (κ2) is 5.68. The van der Waals surface area contributed by atoms with Gasteiger partial charge >= 0.3 is 0 Å². The van der Waals surface area contributed by atoms with Crippen LogP contribution in [0.1, 0.15) is 61.6 Å². The molecule has 2 aromatic rings. The molecule has 1 amide bonds. The van der Waals surface area contributed by atoms with Crippen LogP contribution in [0, 0.1) is 0 Å². The van der Waals surface area contributed by atoms with Crippen molar-refractivity contribution in [1.29, 1.82) is 0 Å². The van der Waals surface area contributed by atoms with E-state index >= 15 is 0 Å². The van der Waals surface area contributed by atoms with Crippen LogP contribution in [-0.4, -0.2) is 20.7 Å². The lowest BCUT2D eigenvalue weighted by molar-refractivity contribution is -0.116. The van der Waals surface area contributed by atoms with Gasteiger partial charge in [0.25, 0.3) is 5.56 Å². The van der Waals surface area contributed by atoms with E-state index in [9.17, 15) is 9.59 Å². The van der Waals surface area contributed by atoms with Gasteiger partial charge in [-0.05, 0) is 30.5 Å². The normalized spacial score (nSPS) is 21.7. The van der Waals surface area contributed by atoms with Gasteiger partial charge in [0.05, 0.1) is 11.6 Å². The predicted octanol–water partition coefficient (Wildman–Crippen LogP) is 2.55. The number of H-pyrrole nitrogens is 1. The standard InChI is InChI=1S/C17H20N4O2/c22-14-10-13(11-6-8-18-9-7-11)15-16(19-14)21(20-17(15)23)12-4-2-1-3-5-12/h6-9,12-13H,1-5,10H2,(H,19,22)(H,20,23)/t13-/m1/s1. The zero-order chi connectivity index (χ0) is 15.8. The largest absolute Gasteiger partial charge is 0.311 e. The van der Waals surface area contributed by atoms with E-state index in [1.165, 1.54) is 19.3 Å². The number of rotatable bonds is 2. The number of aromatic nitrogens is 3. The summed E-state index contributed by atoms with van der Waals surface area (Å²) in [5.74, 6) is 0.429. The fraction of sp³-hybridized carbons (Fsp3) is 0.471. The molecule has 120 valence electrons. The molecule has 4 rings (SSSR count). The Morgan fingerprint density at radius 2 is 1.83 bits per heavy atom. The summed E-state index contributed by atoms with van der Waals surface area (Å²) in [5.41, 5.74) is 1.55. The molecule has 1 saturated carbocycles. The lowest BCUT2D eigenvalue weighted by atomic mass is 9.87. The Hall–Kier alpha value is -2.37. The second-order valence-corrected chi connectivity index (χ2v) is 6.45. The van der Waals surface area contributed by atoms with Crippen molar-refractivity contribution in [1.82, 2.24) is 14.8 Å². The zero-order valence-corrected chi connectivity index (χ0v) is 12.9. The van der Waals surface area contributed by atoms with Gasteiger partial charge in [0.1, 0.15) is 5.82 Å². The van der Waals surface area contributed by atoms with Crippen molar-refractivity contribution < 1.29 is 4.79 Å². The summed E-state index contributed by atoms with van der Waals surface area (Å²) in [5, 5.41) is 5.90. The Bertz CT molecular complexity index is 772. The molecule has 1 atom stereocenters. The number of aromatic amines is 1. The van der Waals surface area contributed by atoms with Crippen molar-refractivity contribution >= 4 is 11.7 Å². The van der Waals surface area contributed by atoms with Gasteiger partial charge in [-0.1, -0.05) is 19.3 Å². The summed E-state index contributed by atoms with van der Waals surface area (Å²) in [4.78, 5) is 28.8. The van der Waals surface area contributed by atoms with E-state index in [2.05, 4.69) is 15.4 Å². The van der Waals surface area contributed by atoms with E-state index in [4.69, 9.17) is 0 Å². The highest BCUT2D eigenvalue weighted by atomic mass is 16.2. The van der Waals surface area contributed by atoms with Crippen LogP contribution in [0.2, 0.25) is 0 Å². The van der Waals surface area contributed by atoms with E-state index in [0.29, 0.717) is 17.8 Å². The monoisotopic (exact) mass is 312 g/mol. The Balaban J connectivity index is 1.80. The first-order valence-electron chi connectivity index (χ1n) is 8.28. The van der Waals surface area contributed by atoms with Crippen molar-refractivity contribution in [2.24, 2.45) is 0 Å². The number of fused-ring (bicyclic) bond motifs is 1. The lowest BCUT2D eigenvalue weighted by Crippen LogP contribution is -2.27. The summed E-state index contributed by atoms with van der Waals surface area (Å²) in [7, 11) is 0. The highest BCUT2D eigenvalue weighted by Crippen LogP contribution is 2.38. The first-order valence-corrected chi connectivity index (χ1v) is 8.28. The van der Waals surface area contributed by atoms with Crippen molar-refractivity contribution in [2.45, 2.75) is 50.5 Å². The van der Waals surface area contributed by atoms with Crippen LogP contribution in [0.3, 0.4) is 0 Å². The van der Waals surface area contributed by atoms with Gasteiger partial charge < -0.3 is 5.32 Å². The molecule has 0 saturated heterocycles. The molecule has 1 fully saturated rings. The first-order chi connectivity index (χ1) is 11.2. The van der Waals surface area contributed by atoms with Gasteiger partial charge in [-0.3, -0.25) is 24.4 Å². The maximum Gasteiger partial charge on any atom is 0.270 e. The van der Waals surface area contributed by atoms with Gasteiger partial charge in [0.2, 0.25) is 5.91 Å². The molecule has 23 heavy (non-hydrogen) atoms. The molecular formula is C17H20N4O2. The van der Waals surface area contributed by atoms with Crippen molar-refractivity contribution in [2.75, 3.05) is 5.32 Å². The van der Waals surface area contributed by atoms with E-state index in [0.717, 1.165) is 18.4 Å². The summed E-state index contributed by atoms with van der Waals surface area (Å²) < 4.78 is 1.90. The van der Waals surface area contributed by atoms with E-state index in [1.807, 2.05) is 16.8 Å². The molecule has 0 unspecified atom stereocenters. The number of nitrogens with one attached hydrogen (secondary N) is 2. The Morgan fingerprint density at radius 3 is 2.57 bits per heavy atom. The van der Waals surface area contributed by atoms with Crippen LogP contribution in [0.25, 0.3) is 0 Å². The molecule has 0 spiro atoms. The number of amides is 1. The number of nitrogens with zero attached hydrogens (tertiary/aromatic N) is 2. The second-order valence-electron chi connectivity index (χ2n) is 6.45. The topological polar surface area (TPSA) is 79.8 Å².